The Morgan fingerprint density at radius 2 is 1.96 bits per heavy atom. The Kier molecular flexibility index (Phi) is 4.13. The van der Waals surface area contributed by atoms with Crippen LogP contribution in [0.4, 0.5) is 0 Å². The average Bonchev–Trinajstić information content (AvgIpc) is 2.64. The van der Waals surface area contributed by atoms with Crippen molar-refractivity contribution in [1.82, 2.24) is 0 Å². The van der Waals surface area contributed by atoms with Crippen LogP contribution in [0.5, 0.6) is 0 Å². The van der Waals surface area contributed by atoms with Crippen LogP contribution in [0.1, 0.15) is 40.1 Å². The monoisotopic (exact) mass is 366 g/mol. The summed E-state index contributed by atoms with van der Waals surface area (Å²) in [6.07, 6.45) is 4.20. The zero-order valence-electron chi connectivity index (χ0n) is 13.8. The first-order valence-electron chi connectivity index (χ1n) is 8.33. The van der Waals surface area contributed by atoms with Crippen LogP contribution in [-0.2, 0) is 6.42 Å². The molecule has 1 N–H and O–H groups in total. The van der Waals surface area contributed by atoms with Gasteiger partial charge in [0.2, 0.25) is 0 Å². The number of carboxylic acids is 1. The average molecular weight is 367 g/mol. The zero-order chi connectivity index (χ0) is 18.3. The minimum absolute atomic E-state index is 0.0763. The van der Waals surface area contributed by atoms with Gasteiger partial charge in [-0.25, -0.2) is 4.79 Å². The molecule has 0 unspecified atom stereocenters. The van der Waals surface area contributed by atoms with Gasteiger partial charge in [-0.2, -0.15) is 0 Å². The molecule has 4 rings (SSSR count). The molecule has 26 heavy (non-hydrogen) atoms. The Hall–Kier alpha value is -2.85. The molecule has 0 atom stereocenters. The summed E-state index contributed by atoms with van der Waals surface area (Å²) >= 11 is 6.25. The van der Waals surface area contributed by atoms with Crippen LogP contribution >= 0.6 is 11.6 Å². The lowest BCUT2D eigenvalue weighted by atomic mass is 9.90. The predicted octanol–water partition coefficient (Wildman–Crippen LogP) is 5.02. The molecule has 1 heterocycles. The van der Waals surface area contributed by atoms with E-state index in [9.17, 15) is 9.59 Å². The quantitative estimate of drug-likeness (QED) is 0.691. The van der Waals surface area contributed by atoms with Crippen LogP contribution in [-0.4, -0.2) is 11.1 Å². The Morgan fingerprint density at radius 1 is 1.15 bits per heavy atom. The van der Waals surface area contributed by atoms with Crippen molar-refractivity contribution < 1.29 is 14.3 Å². The van der Waals surface area contributed by atoms with E-state index in [2.05, 4.69) is 0 Å². The molecule has 1 aliphatic rings. The first-order valence-corrected chi connectivity index (χ1v) is 8.71. The lowest BCUT2D eigenvalue weighted by Crippen LogP contribution is -2.16. The van der Waals surface area contributed by atoms with Gasteiger partial charge >= 0.3 is 5.97 Å². The summed E-state index contributed by atoms with van der Waals surface area (Å²) in [5.41, 5.74) is 2.72. The smallest absolute Gasteiger partial charge is 0.335 e. The maximum absolute atomic E-state index is 12.9. The SMILES string of the molecule is O=C(O)c1ccc2oc3c(c(=O)c2c1)CCCC3=Cc1ccccc1Cl. The van der Waals surface area contributed by atoms with Crippen LogP contribution in [0.25, 0.3) is 22.6 Å². The molecule has 0 saturated carbocycles. The fraction of sp³-hybridized carbons (Fsp3) is 0.143. The van der Waals surface area contributed by atoms with Crippen molar-refractivity contribution in [3.05, 3.63) is 80.2 Å². The number of fused-ring (bicyclic) bond motifs is 2. The maximum atomic E-state index is 12.9. The highest BCUT2D eigenvalue weighted by molar-refractivity contribution is 6.32. The number of halogens is 1. The van der Waals surface area contributed by atoms with Crippen LogP contribution in [0.3, 0.4) is 0 Å². The van der Waals surface area contributed by atoms with Crippen molar-refractivity contribution >= 4 is 40.2 Å². The first-order chi connectivity index (χ1) is 12.5. The molecular weight excluding hydrogens is 352 g/mol. The van der Waals surface area contributed by atoms with Gasteiger partial charge < -0.3 is 9.52 Å². The molecule has 3 aromatic rings. The second-order valence-electron chi connectivity index (χ2n) is 6.30. The van der Waals surface area contributed by atoms with Gasteiger partial charge in [-0.15, -0.1) is 0 Å². The molecule has 0 bridgehead atoms. The van der Waals surface area contributed by atoms with Crippen molar-refractivity contribution in [2.24, 2.45) is 0 Å². The molecule has 0 spiro atoms. The van der Waals surface area contributed by atoms with Gasteiger partial charge in [-0.3, -0.25) is 4.79 Å². The number of aromatic carboxylic acids is 1. The number of hydrogen-bond acceptors (Lipinski definition) is 3. The zero-order valence-corrected chi connectivity index (χ0v) is 14.5. The van der Waals surface area contributed by atoms with E-state index >= 15 is 0 Å². The van der Waals surface area contributed by atoms with Crippen molar-refractivity contribution in [3.8, 4) is 0 Å². The summed E-state index contributed by atoms with van der Waals surface area (Å²) in [6.45, 7) is 0. The summed E-state index contributed by atoms with van der Waals surface area (Å²) in [6, 6.07) is 11.9. The Balaban J connectivity index is 1.93. The van der Waals surface area contributed by atoms with Crippen molar-refractivity contribution in [2.75, 3.05) is 0 Å². The molecule has 2 aromatic carbocycles. The minimum Gasteiger partial charge on any atom is -0.478 e. The van der Waals surface area contributed by atoms with Crippen molar-refractivity contribution in [1.29, 1.82) is 0 Å². The maximum Gasteiger partial charge on any atom is 0.335 e. The van der Waals surface area contributed by atoms with E-state index in [4.69, 9.17) is 21.1 Å². The van der Waals surface area contributed by atoms with Gasteiger partial charge in [0.25, 0.3) is 0 Å². The fourth-order valence-corrected chi connectivity index (χ4v) is 3.53. The van der Waals surface area contributed by atoms with E-state index in [-0.39, 0.29) is 11.0 Å². The van der Waals surface area contributed by atoms with Crippen molar-refractivity contribution in [2.45, 2.75) is 19.3 Å². The number of rotatable bonds is 2. The van der Waals surface area contributed by atoms with Gasteiger partial charge in [0.1, 0.15) is 11.3 Å². The third-order valence-corrected chi connectivity index (χ3v) is 4.98. The lowest BCUT2D eigenvalue weighted by molar-refractivity contribution is 0.0697. The number of carboxylic acid groups (broad SMARTS) is 1. The van der Waals surface area contributed by atoms with E-state index in [1.807, 2.05) is 30.3 Å². The second kappa shape index (κ2) is 6.46. The largest absolute Gasteiger partial charge is 0.478 e. The minimum atomic E-state index is -1.07. The van der Waals surface area contributed by atoms with E-state index in [1.54, 1.807) is 6.07 Å². The summed E-state index contributed by atoms with van der Waals surface area (Å²) in [7, 11) is 0. The number of hydrogen-bond donors (Lipinski definition) is 1. The first kappa shape index (κ1) is 16.6. The summed E-state index contributed by atoms with van der Waals surface area (Å²) in [5, 5.41) is 10.1. The van der Waals surface area contributed by atoms with E-state index in [0.717, 1.165) is 24.0 Å². The number of allylic oxidation sites excluding steroid dienone is 1. The summed E-state index contributed by atoms with van der Waals surface area (Å²) in [5.74, 6) is -0.486. The molecule has 0 amide bonds. The van der Waals surface area contributed by atoms with Gasteiger partial charge in [-0.1, -0.05) is 29.8 Å². The third-order valence-electron chi connectivity index (χ3n) is 4.63. The van der Waals surface area contributed by atoms with Crippen LogP contribution in [0.2, 0.25) is 5.02 Å². The lowest BCUT2D eigenvalue weighted by Gasteiger charge is -2.18. The van der Waals surface area contributed by atoms with E-state index in [0.29, 0.717) is 33.7 Å². The third kappa shape index (κ3) is 2.82. The fourth-order valence-electron chi connectivity index (χ4n) is 3.34. The highest BCUT2D eigenvalue weighted by atomic mass is 35.5. The number of benzene rings is 2. The van der Waals surface area contributed by atoms with Crippen LogP contribution in [0, 0.1) is 0 Å². The Labute approximate surface area is 154 Å². The molecule has 0 saturated heterocycles. The normalized spacial score (nSPS) is 15.2. The predicted molar refractivity (Wildman–Crippen MR) is 102 cm³/mol. The molecule has 0 radical (unpaired) electrons. The van der Waals surface area contributed by atoms with Crippen molar-refractivity contribution in [3.63, 3.8) is 0 Å². The molecule has 1 aliphatic carbocycles. The molecule has 0 fully saturated rings. The topological polar surface area (TPSA) is 67.5 Å². The number of carbonyl (C=O) groups is 1. The molecule has 4 nitrogen and oxygen atoms in total. The molecule has 5 heteroatoms. The van der Waals surface area contributed by atoms with E-state index < -0.39 is 5.97 Å². The van der Waals surface area contributed by atoms with Gasteiger partial charge in [0.05, 0.1) is 10.9 Å². The summed E-state index contributed by atoms with van der Waals surface area (Å²) < 4.78 is 6.02. The van der Waals surface area contributed by atoms with Gasteiger partial charge in [-0.05, 0) is 60.7 Å². The molecule has 1 aromatic heterocycles. The standard InChI is InChI=1S/C21H15ClO4/c22-17-7-2-1-4-12(17)10-13-5-3-6-15-19(23)16-11-14(21(24)25)8-9-18(16)26-20(13)15/h1-2,4,7-11H,3,5-6H2,(H,24,25). The molecule has 130 valence electrons. The van der Waals surface area contributed by atoms with Crippen LogP contribution in [0.15, 0.2) is 51.7 Å². The highest BCUT2D eigenvalue weighted by Crippen LogP contribution is 2.34. The summed E-state index contributed by atoms with van der Waals surface area (Å²) in [4.78, 5) is 24.1. The van der Waals surface area contributed by atoms with Gasteiger partial charge in [0.15, 0.2) is 5.43 Å². The molecule has 0 aliphatic heterocycles. The van der Waals surface area contributed by atoms with Crippen LogP contribution < -0.4 is 5.43 Å². The van der Waals surface area contributed by atoms with Gasteiger partial charge in [0, 0.05) is 10.6 Å². The highest BCUT2D eigenvalue weighted by Gasteiger charge is 2.22. The Morgan fingerprint density at radius 3 is 2.73 bits per heavy atom. The van der Waals surface area contributed by atoms with E-state index in [1.165, 1.54) is 12.1 Å². The Bertz CT molecular complexity index is 1120. The second-order valence-corrected chi connectivity index (χ2v) is 6.71. The molecular formula is C21H15ClO4.